The molecule has 1 aromatic heterocycles. The fraction of sp³-hybridized carbons (Fsp3) is 0.391. The maximum Gasteiger partial charge on any atom is 0.181 e. The number of halogens is 1. The van der Waals surface area contributed by atoms with Crippen molar-refractivity contribution in [1.29, 1.82) is 0 Å². The number of aryl methyl sites for hydroxylation is 1. The summed E-state index contributed by atoms with van der Waals surface area (Å²) in [5.74, 6) is -0.498. The van der Waals surface area contributed by atoms with Crippen LogP contribution in [-0.4, -0.2) is 54.4 Å². The molecule has 0 spiro atoms. The van der Waals surface area contributed by atoms with Gasteiger partial charge in [-0.15, -0.1) is 0 Å². The van der Waals surface area contributed by atoms with E-state index >= 15 is 0 Å². The van der Waals surface area contributed by atoms with Crippen LogP contribution in [0.4, 0.5) is 4.39 Å². The molecule has 160 valence electrons. The molecule has 0 radical (unpaired) electrons. The molecule has 30 heavy (non-hydrogen) atoms. The first kappa shape index (κ1) is 21.0. The molecule has 2 heterocycles. The van der Waals surface area contributed by atoms with Gasteiger partial charge in [0.1, 0.15) is 5.82 Å². The second kappa shape index (κ2) is 8.13. The van der Waals surface area contributed by atoms with Gasteiger partial charge in [0.05, 0.1) is 16.2 Å². The normalized spacial score (nSPS) is 17.4. The number of piperidine rings is 1. The van der Waals surface area contributed by atoms with E-state index < -0.39 is 15.4 Å². The highest BCUT2D eigenvalue weighted by Gasteiger charge is 2.37. The number of nitrogens with zero attached hydrogens (tertiary/aromatic N) is 1. The van der Waals surface area contributed by atoms with E-state index in [0.717, 1.165) is 29.4 Å². The van der Waals surface area contributed by atoms with Crippen molar-refractivity contribution in [1.82, 2.24) is 9.88 Å². The Morgan fingerprint density at radius 1 is 1.17 bits per heavy atom. The van der Waals surface area contributed by atoms with Crippen molar-refractivity contribution in [3.63, 3.8) is 0 Å². The van der Waals surface area contributed by atoms with Crippen LogP contribution in [0.3, 0.4) is 0 Å². The lowest BCUT2D eigenvalue weighted by molar-refractivity contribution is -0.00208. The minimum absolute atomic E-state index is 0.249. The number of aliphatic hydroxyl groups is 1. The van der Waals surface area contributed by atoms with Gasteiger partial charge in [-0.1, -0.05) is 18.2 Å². The molecule has 4 rings (SSSR count). The molecule has 1 aliphatic heterocycles. The average Bonchev–Trinajstić information content (AvgIpc) is 3.09. The number of benzene rings is 2. The Morgan fingerprint density at radius 2 is 1.90 bits per heavy atom. The molecule has 0 atom stereocenters. The number of H-pyrrole nitrogens is 1. The van der Waals surface area contributed by atoms with E-state index in [4.69, 9.17) is 0 Å². The number of hydrogen-bond donors (Lipinski definition) is 2. The first-order valence-electron chi connectivity index (χ1n) is 10.2. The molecule has 3 aromatic rings. The Balaban J connectivity index is 1.36. The molecule has 2 N–H and O–H groups in total. The number of aromatic nitrogens is 1. The molecule has 0 aliphatic carbocycles. The Labute approximate surface area is 176 Å². The fourth-order valence-electron chi connectivity index (χ4n) is 4.31. The van der Waals surface area contributed by atoms with Crippen LogP contribution in [0.25, 0.3) is 10.9 Å². The molecule has 2 aromatic carbocycles. The SMILES string of the molecule is Cc1ccccc1S(=O)(=O)CC1(O)CCN(CCc2c[nH]c3ccc(F)cc23)CC1. The van der Waals surface area contributed by atoms with Crippen molar-refractivity contribution in [3.8, 4) is 0 Å². The van der Waals surface area contributed by atoms with Crippen molar-refractivity contribution >= 4 is 20.7 Å². The minimum atomic E-state index is -3.55. The number of likely N-dealkylation sites (tertiary alicyclic amines) is 1. The quantitative estimate of drug-likeness (QED) is 0.628. The van der Waals surface area contributed by atoms with Crippen LogP contribution in [0.15, 0.2) is 53.6 Å². The Bertz CT molecular complexity index is 1150. The Hall–Kier alpha value is -2.22. The molecule has 0 saturated carbocycles. The van der Waals surface area contributed by atoms with Crippen LogP contribution in [0.2, 0.25) is 0 Å². The predicted octanol–water partition coefficient (Wildman–Crippen LogP) is 3.46. The van der Waals surface area contributed by atoms with Gasteiger partial charge in [0.25, 0.3) is 0 Å². The van der Waals surface area contributed by atoms with Gasteiger partial charge in [0.15, 0.2) is 9.84 Å². The summed E-state index contributed by atoms with van der Waals surface area (Å²) in [4.78, 5) is 5.70. The van der Waals surface area contributed by atoms with Crippen molar-refractivity contribution in [3.05, 3.63) is 65.6 Å². The van der Waals surface area contributed by atoms with Gasteiger partial charge in [-0.2, -0.15) is 0 Å². The van der Waals surface area contributed by atoms with Gasteiger partial charge < -0.3 is 15.0 Å². The summed E-state index contributed by atoms with van der Waals surface area (Å²) < 4.78 is 39.2. The molecular formula is C23H27FN2O3S. The van der Waals surface area contributed by atoms with Crippen molar-refractivity contribution in [2.45, 2.75) is 36.7 Å². The second-order valence-electron chi connectivity index (χ2n) is 8.34. The van der Waals surface area contributed by atoms with E-state index in [1.807, 2.05) is 12.3 Å². The van der Waals surface area contributed by atoms with Crippen molar-refractivity contribution < 1.29 is 17.9 Å². The van der Waals surface area contributed by atoms with Crippen LogP contribution < -0.4 is 0 Å². The average molecular weight is 431 g/mol. The van der Waals surface area contributed by atoms with Crippen LogP contribution >= 0.6 is 0 Å². The van der Waals surface area contributed by atoms with Crippen LogP contribution in [0.1, 0.15) is 24.0 Å². The molecule has 1 aliphatic rings. The van der Waals surface area contributed by atoms with Crippen LogP contribution in [0.5, 0.6) is 0 Å². The number of rotatable bonds is 6. The standard InChI is InChI=1S/C23H27FN2O3S/c1-17-4-2-3-5-22(17)30(28,29)16-23(27)9-12-26(13-10-23)11-8-18-15-25-21-7-6-19(24)14-20(18)21/h2-7,14-15,25,27H,8-13,16H2,1H3. The van der Waals surface area contributed by atoms with Gasteiger partial charge in [-0.05, 0) is 61.6 Å². The first-order chi connectivity index (χ1) is 14.3. The third kappa shape index (κ3) is 4.43. The maximum atomic E-state index is 13.6. The zero-order valence-electron chi connectivity index (χ0n) is 17.1. The van der Waals surface area contributed by atoms with Crippen molar-refractivity contribution in [2.24, 2.45) is 0 Å². The third-order valence-electron chi connectivity index (χ3n) is 6.10. The molecule has 0 amide bonds. The van der Waals surface area contributed by atoms with Crippen LogP contribution in [-0.2, 0) is 16.3 Å². The predicted molar refractivity (Wildman–Crippen MR) is 116 cm³/mol. The minimum Gasteiger partial charge on any atom is -0.389 e. The summed E-state index contributed by atoms with van der Waals surface area (Å²) in [6.07, 6.45) is 3.52. The zero-order chi connectivity index (χ0) is 21.4. The smallest absolute Gasteiger partial charge is 0.181 e. The Kier molecular flexibility index (Phi) is 5.70. The molecule has 1 saturated heterocycles. The van der Waals surface area contributed by atoms with Crippen molar-refractivity contribution in [2.75, 3.05) is 25.4 Å². The summed E-state index contributed by atoms with van der Waals surface area (Å²) >= 11 is 0. The molecular weight excluding hydrogens is 403 g/mol. The van der Waals surface area contributed by atoms with Gasteiger partial charge in [0.2, 0.25) is 0 Å². The monoisotopic (exact) mass is 430 g/mol. The summed E-state index contributed by atoms with van der Waals surface area (Å²) in [6.45, 7) is 3.83. The lowest BCUT2D eigenvalue weighted by atomic mass is 9.93. The summed E-state index contributed by atoms with van der Waals surface area (Å²) in [5, 5.41) is 11.8. The van der Waals surface area contributed by atoms with E-state index in [-0.39, 0.29) is 11.6 Å². The first-order valence-corrected chi connectivity index (χ1v) is 11.9. The van der Waals surface area contributed by atoms with Gasteiger partial charge in [-0.25, -0.2) is 12.8 Å². The molecule has 0 bridgehead atoms. The molecule has 0 unspecified atom stereocenters. The van der Waals surface area contributed by atoms with Gasteiger partial charge >= 0.3 is 0 Å². The second-order valence-corrected chi connectivity index (χ2v) is 10.3. The largest absolute Gasteiger partial charge is 0.389 e. The highest BCUT2D eigenvalue weighted by molar-refractivity contribution is 7.91. The summed E-state index contributed by atoms with van der Waals surface area (Å²) in [6, 6.07) is 11.6. The number of hydrogen-bond acceptors (Lipinski definition) is 4. The topological polar surface area (TPSA) is 73.4 Å². The lowest BCUT2D eigenvalue weighted by Gasteiger charge is -2.38. The van der Waals surface area contributed by atoms with E-state index in [1.54, 1.807) is 37.3 Å². The zero-order valence-corrected chi connectivity index (χ0v) is 17.9. The number of fused-ring (bicyclic) bond motifs is 1. The summed E-state index contributed by atoms with van der Waals surface area (Å²) in [7, 11) is -3.55. The molecule has 1 fully saturated rings. The third-order valence-corrected chi connectivity index (χ3v) is 8.15. The van der Waals surface area contributed by atoms with E-state index in [0.29, 0.717) is 36.4 Å². The number of nitrogens with one attached hydrogen (secondary N) is 1. The molecule has 5 nitrogen and oxygen atoms in total. The van der Waals surface area contributed by atoms with Crippen LogP contribution in [0, 0.1) is 12.7 Å². The number of aromatic amines is 1. The van der Waals surface area contributed by atoms with Gasteiger partial charge in [-0.3, -0.25) is 0 Å². The van der Waals surface area contributed by atoms with E-state index in [2.05, 4.69) is 9.88 Å². The fourth-order valence-corrected chi connectivity index (χ4v) is 6.31. The van der Waals surface area contributed by atoms with E-state index in [9.17, 15) is 17.9 Å². The van der Waals surface area contributed by atoms with E-state index in [1.165, 1.54) is 6.07 Å². The highest BCUT2D eigenvalue weighted by Crippen LogP contribution is 2.28. The maximum absolute atomic E-state index is 13.6. The lowest BCUT2D eigenvalue weighted by Crippen LogP contribution is -2.48. The molecule has 7 heteroatoms. The summed E-state index contributed by atoms with van der Waals surface area (Å²) in [5.41, 5.74) is 1.48. The number of sulfone groups is 1. The Morgan fingerprint density at radius 3 is 2.63 bits per heavy atom. The van der Waals surface area contributed by atoms with Gasteiger partial charge in [0, 0.05) is 36.7 Å². The highest BCUT2D eigenvalue weighted by atomic mass is 32.2.